The summed E-state index contributed by atoms with van der Waals surface area (Å²) in [5, 5.41) is 11.8. The van der Waals surface area contributed by atoms with E-state index >= 15 is 0 Å². The molecular weight excluding hydrogens is 206 g/mol. The van der Waals surface area contributed by atoms with Crippen LogP contribution in [0.5, 0.6) is 0 Å². The number of amides is 1. The van der Waals surface area contributed by atoms with E-state index in [1.165, 1.54) is 7.05 Å². The Bertz CT molecular complexity index is 269. The first kappa shape index (κ1) is 13.0. The predicted molar refractivity (Wildman–Crippen MR) is 61.0 cm³/mol. The highest BCUT2D eigenvalue weighted by molar-refractivity contribution is 6.01. The number of hydrogen-bond acceptors (Lipinski definition) is 2. The Hall–Kier alpha value is -1.06. The van der Waals surface area contributed by atoms with E-state index in [4.69, 9.17) is 0 Å². The lowest BCUT2D eigenvalue weighted by atomic mass is 9.72. The topological polar surface area (TPSA) is 66.4 Å². The Labute approximate surface area is 96.4 Å². The van der Waals surface area contributed by atoms with Crippen molar-refractivity contribution in [2.45, 2.75) is 45.4 Å². The molecule has 4 heteroatoms. The maximum absolute atomic E-state index is 11.8. The Balaban J connectivity index is 2.90. The first-order valence-electron chi connectivity index (χ1n) is 5.99. The lowest BCUT2D eigenvalue weighted by molar-refractivity contribution is -0.159. The molecule has 1 saturated carbocycles. The predicted octanol–water partition coefficient (Wildman–Crippen LogP) is 1.79. The van der Waals surface area contributed by atoms with Crippen LogP contribution in [0.2, 0.25) is 0 Å². The molecule has 0 radical (unpaired) electrons. The fourth-order valence-corrected chi connectivity index (χ4v) is 2.57. The fourth-order valence-electron chi connectivity index (χ4n) is 2.57. The van der Waals surface area contributed by atoms with E-state index in [0.29, 0.717) is 0 Å². The number of carboxylic acid groups (broad SMARTS) is 1. The lowest BCUT2D eigenvalue weighted by Crippen LogP contribution is -2.48. The largest absolute Gasteiger partial charge is 0.480 e. The smallest absolute Gasteiger partial charge is 0.319 e. The lowest BCUT2D eigenvalue weighted by Gasteiger charge is -2.31. The van der Waals surface area contributed by atoms with Gasteiger partial charge in [0, 0.05) is 7.05 Å². The van der Waals surface area contributed by atoms with Gasteiger partial charge in [-0.3, -0.25) is 9.59 Å². The van der Waals surface area contributed by atoms with E-state index in [-0.39, 0.29) is 11.8 Å². The molecule has 0 spiro atoms. The molecule has 1 rings (SSSR count). The van der Waals surface area contributed by atoms with E-state index in [1.807, 2.05) is 0 Å². The highest BCUT2D eigenvalue weighted by Gasteiger charge is 2.47. The van der Waals surface area contributed by atoms with Crippen LogP contribution in [-0.2, 0) is 9.59 Å². The number of carbonyl (C=O) groups is 2. The van der Waals surface area contributed by atoms with E-state index in [0.717, 1.165) is 38.5 Å². The zero-order chi connectivity index (χ0) is 12.2. The molecular formula is C12H21NO3. The number of rotatable bonds is 3. The molecule has 1 aliphatic carbocycles. The average molecular weight is 227 g/mol. The number of hydrogen-bond donors (Lipinski definition) is 2. The highest BCUT2D eigenvalue weighted by atomic mass is 16.4. The van der Waals surface area contributed by atoms with Gasteiger partial charge in [-0.05, 0) is 25.7 Å². The Morgan fingerprint density at radius 3 is 2.06 bits per heavy atom. The summed E-state index contributed by atoms with van der Waals surface area (Å²) >= 11 is 0. The number of carboxylic acids is 1. The fraction of sp³-hybridized carbons (Fsp3) is 0.833. The number of carbonyl (C=O) groups excluding carboxylic acids is 1. The van der Waals surface area contributed by atoms with Crippen LogP contribution in [-0.4, -0.2) is 24.0 Å². The maximum Gasteiger partial charge on any atom is 0.319 e. The van der Waals surface area contributed by atoms with Crippen LogP contribution in [0.25, 0.3) is 0 Å². The van der Waals surface area contributed by atoms with Gasteiger partial charge in [0.15, 0.2) is 0 Å². The molecule has 1 aliphatic rings. The van der Waals surface area contributed by atoms with Crippen LogP contribution in [0.15, 0.2) is 0 Å². The molecule has 1 atom stereocenters. The van der Waals surface area contributed by atoms with E-state index < -0.39 is 11.4 Å². The quantitative estimate of drug-likeness (QED) is 0.570. The van der Waals surface area contributed by atoms with Gasteiger partial charge < -0.3 is 10.4 Å². The number of nitrogens with one attached hydrogen (secondary N) is 1. The average Bonchev–Trinajstić information content (AvgIpc) is 2.55. The van der Waals surface area contributed by atoms with Crippen molar-refractivity contribution in [3.8, 4) is 0 Å². The van der Waals surface area contributed by atoms with Crippen LogP contribution in [0.3, 0.4) is 0 Å². The third-order valence-electron chi connectivity index (χ3n) is 3.81. The van der Waals surface area contributed by atoms with Crippen LogP contribution < -0.4 is 5.32 Å². The molecule has 92 valence electrons. The van der Waals surface area contributed by atoms with Crippen molar-refractivity contribution >= 4 is 11.9 Å². The molecule has 16 heavy (non-hydrogen) atoms. The first-order chi connectivity index (χ1) is 7.53. The minimum Gasteiger partial charge on any atom is -0.480 e. The standard InChI is InChI=1S/C12H21NO3/c1-12(11(15)16,10(14)13-2)9-7-5-3-4-6-8-9/h9H,3-8H2,1-2H3,(H,13,14)(H,15,16). The van der Waals surface area contributed by atoms with Crippen LogP contribution in [0, 0.1) is 11.3 Å². The molecule has 0 aromatic heterocycles. The van der Waals surface area contributed by atoms with E-state index in [1.54, 1.807) is 6.92 Å². The minimum atomic E-state index is -1.26. The van der Waals surface area contributed by atoms with Gasteiger partial charge >= 0.3 is 5.97 Å². The van der Waals surface area contributed by atoms with Crippen molar-refractivity contribution in [1.29, 1.82) is 0 Å². The summed E-state index contributed by atoms with van der Waals surface area (Å²) in [6, 6.07) is 0. The minimum absolute atomic E-state index is 0.0348. The molecule has 0 aromatic rings. The maximum atomic E-state index is 11.8. The summed E-state index contributed by atoms with van der Waals surface area (Å²) < 4.78 is 0. The Kier molecular flexibility index (Phi) is 4.33. The molecule has 1 unspecified atom stereocenters. The summed E-state index contributed by atoms with van der Waals surface area (Å²) in [5.74, 6) is -1.40. The molecule has 0 aromatic carbocycles. The number of aliphatic carboxylic acids is 1. The van der Waals surface area contributed by atoms with Crippen molar-refractivity contribution in [2.24, 2.45) is 11.3 Å². The van der Waals surface area contributed by atoms with Gasteiger partial charge in [-0.15, -0.1) is 0 Å². The second kappa shape index (κ2) is 5.32. The molecule has 1 amide bonds. The Morgan fingerprint density at radius 2 is 1.69 bits per heavy atom. The summed E-state index contributed by atoms with van der Waals surface area (Å²) in [4.78, 5) is 23.2. The van der Waals surface area contributed by atoms with Gasteiger partial charge in [-0.25, -0.2) is 0 Å². The van der Waals surface area contributed by atoms with E-state index in [9.17, 15) is 14.7 Å². The van der Waals surface area contributed by atoms with Crippen LogP contribution in [0.4, 0.5) is 0 Å². The normalized spacial score (nSPS) is 21.9. The van der Waals surface area contributed by atoms with Gasteiger partial charge in [0.1, 0.15) is 5.41 Å². The second-order valence-corrected chi connectivity index (χ2v) is 4.78. The van der Waals surface area contributed by atoms with Gasteiger partial charge in [0.25, 0.3) is 0 Å². The molecule has 4 nitrogen and oxygen atoms in total. The van der Waals surface area contributed by atoms with Crippen molar-refractivity contribution in [1.82, 2.24) is 5.32 Å². The summed E-state index contributed by atoms with van der Waals surface area (Å²) in [5.41, 5.74) is -1.26. The van der Waals surface area contributed by atoms with Crippen LogP contribution in [0.1, 0.15) is 45.4 Å². The van der Waals surface area contributed by atoms with Crippen molar-refractivity contribution < 1.29 is 14.7 Å². The third-order valence-corrected chi connectivity index (χ3v) is 3.81. The molecule has 0 saturated heterocycles. The van der Waals surface area contributed by atoms with Crippen molar-refractivity contribution in [2.75, 3.05) is 7.05 Å². The molecule has 1 fully saturated rings. The zero-order valence-corrected chi connectivity index (χ0v) is 10.1. The highest BCUT2D eigenvalue weighted by Crippen LogP contribution is 2.38. The van der Waals surface area contributed by atoms with Crippen molar-refractivity contribution in [3.63, 3.8) is 0 Å². The van der Waals surface area contributed by atoms with Gasteiger partial charge in [-0.1, -0.05) is 25.7 Å². The summed E-state index contributed by atoms with van der Waals surface area (Å²) in [6.07, 6.45) is 6.06. The summed E-state index contributed by atoms with van der Waals surface area (Å²) in [6.45, 7) is 1.56. The van der Waals surface area contributed by atoms with E-state index in [2.05, 4.69) is 5.32 Å². The van der Waals surface area contributed by atoms with Gasteiger partial charge in [-0.2, -0.15) is 0 Å². The SMILES string of the molecule is CNC(=O)C(C)(C(=O)O)C1CCCCCC1. The molecule has 2 N–H and O–H groups in total. The first-order valence-corrected chi connectivity index (χ1v) is 5.99. The molecule has 0 bridgehead atoms. The van der Waals surface area contributed by atoms with Crippen LogP contribution >= 0.6 is 0 Å². The zero-order valence-electron chi connectivity index (χ0n) is 10.1. The Morgan fingerprint density at radius 1 is 1.19 bits per heavy atom. The second-order valence-electron chi connectivity index (χ2n) is 4.78. The molecule has 0 heterocycles. The monoisotopic (exact) mass is 227 g/mol. The van der Waals surface area contributed by atoms with Gasteiger partial charge in [0.05, 0.1) is 0 Å². The third kappa shape index (κ3) is 2.36. The molecule has 0 aliphatic heterocycles. The summed E-state index contributed by atoms with van der Waals surface area (Å²) in [7, 11) is 1.50. The van der Waals surface area contributed by atoms with Gasteiger partial charge in [0.2, 0.25) is 5.91 Å². The van der Waals surface area contributed by atoms with Crippen molar-refractivity contribution in [3.05, 3.63) is 0 Å².